The Morgan fingerprint density at radius 1 is 1.43 bits per heavy atom. The number of carbonyl (C=O) groups excluding carboxylic acids is 2. The molecule has 1 N–H and O–H groups in total. The van der Waals surface area contributed by atoms with Crippen LogP contribution in [0.5, 0.6) is 0 Å². The van der Waals surface area contributed by atoms with E-state index in [-0.39, 0.29) is 23.8 Å². The topological polar surface area (TPSA) is 111 Å². The van der Waals surface area contributed by atoms with Crippen LogP contribution >= 0.6 is 11.3 Å². The molecule has 1 heterocycles. The number of amides is 1. The normalized spacial score (nSPS) is 10.2. The Balaban J connectivity index is 2.10. The SMILES string of the molecule is CC(=O)Nc1nc(COC(=O)c2c(C)cccc2[N+](=O)[O-])cs1. The molecule has 0 saturated carbocycles. The van der Waals surface area contributed by atoms with Gasteiger partial charge in [-0.2, -0.15) is 0 Å². The van der Waals surface area contributed by atoms with Crippen LogP contribution in [-0.4, -0.2) is 21.8 Å². The number of carbonyl (C=O) groups is 2. The van der Waals surface area contributed by atoms with E-state index >= 15 is 0 Å². The van der Waals surface area contributed by atoms with E-state index < -0.39 is 10.9 Å². The molecule has 0 unspecified atom stereocenters. The van der Waals surface area contributed by atoms with Crippen LogP contribution in [-0.2, 0) is 16.1 Å². The number of nitro groups is 1. The largest absolute Gasteiger partial charge is 0.455 e. The number of hydrogen-bond acceptors (Lipinski definition) is 7. The van der Waals surface area contributed by atoms with Gasteiger partial charge in [0, 0.05) is 18.4 Å². The summed E-state index contributed by atoms with van der Waals surface area (Å²) in [7, 11) is 0. The minimum absolute atomic E-state index is 0.0742. The number of nitrogens with zero attached hydrogens (tertiary/aromatic N) is 2. The van der Waals surface area contributed by atoms with Gasteiger partial charge < -0.3 is 10.1 Å². The molecule has 8 nitrogen and oxygen atoms in total. The third-order valence-electron chi connectivity index (χ3n) is 2.84. The lowest BCUT2D eigenvalue weighted by Crippen LogP contribution is -2.10. The number of anilines is 1. The lowest BCUT2D eigenvalue weighted by molar-refractivity contribution is -0.385. The Hall–Kier alpha value is -2.81. The Kier molecular flexibility index (Phi) is 5.02. The predicted molar refractivity (Wildman–Crippen MR) is 83.4 cm³/mol. The molecule has 1 amide bonds. The molecule has 0 atom stereocenters. The number of esters is 1. The van der Waals surface area contributed by atoms with Gasteiger partial charge >= 0.3 is 5.97 Å². The van der Waals surface area contributed by atoms with E-state index in [1.165, 1.54) is 30.4 Å². The third-order valence-corrected chi connectivity index (χ3v) is 3.64. The summed E-state index contributed by atoms with van der Waals surface area (Å²) in [6, 6.07) is 4.35. The van der Waals surface area contributed by atoms with Crippen molar-refractivity contribution in [3.05, 3.63) is 50.5 Å². The molecule has 1 aromatic carbocycles. The van der Waals surface area contributed by atoms with Gasteiger partial charge in [-0.1, -0.05) is 12.1 Å². The maximum absolute atomic E-state index is 12.1. The van der Waals surface area contributed by atoms with Crippen LogP contribution in [0.4, 0.5) is 10.8 Å². The number of benzene rings is 1. The van der Waals surface area contributed by atoms with Crippen LogP contribution in [0.15, 0.2) is 23.6 Å². The van der Waals surface area contributed by atoms with Gasteiger partial charge in [0.1, 0.15) is 12.2 Å². The minimum Gasteiger partial charge on any atom is -0.455 e. The van der Waals surface area contributed by atoms with Gasteiger partial charge in [0.2, 0.25) is 5.91 Å². The van der Waals surface area contributed by atoms with E-state index in [2.05, 4.69) is 10.3 Å². The maximum Gasteiger partial charge on any atom is 0.345 e. The van der Waals surface area contributed by atoms with Crippen molar-refractivity contribution in [2.75, 3.05) is 5.32 Å². The van der Waals surface area contributed by atoms with Crippen molar-refractivity contribution in [2.45, 2.75) is 20.5 Å². The van der Waals surface area contributed by atoms with Crippen molar-refractivity contribution < 1.29 is 19.2 Å². The van der Waals surface area contributed by atoms with Crippen LogP contribution in [0.1, 0.15) is 28.5 Å². The first-order chi connectivity index (χ1) is 10.9. The zero-order valence-electron chi connectivity index (χ0n) is 12.4. The van der Waals surface area contributed by atoms with Crippen molar-refractivity contribution >= 4 is 34.0 Å². The smallest absolute Gasteiger partial charge is 0.345 e. The molecular weight excluding hydrogens is 322 g/mol. The van der Waals surface area contributed by atoms with E-state index in [9.17, 15) is 19.7 Å². The van der Waals surface area contributed by atoms with Gasteiger partial charge in [0.15, 0.2) is 5.13 Å². The fourth-order valence-electron chi connectivity index (χ4n) is 1.86. The highest BCUT2D eigenvalue weighted by atomic mass is 32.1. The molecule has 0 radical (unpaired) electrons. The monoisotopic (exact) mass is 335 g/mol. The fraction of sp³-hybridized carbons (Fsp3) is 0.214. The molecule has 0 bridgehead atoms. The number of ether oxygens (including phenoxy) is 1. The molecule has 0 saturated heterocycles. The number of thiazole rings is 1. The second-order valence-electron chi connectivity index (χ2n) is 4.63. The average molecular weight is 335 g/mol. The molecular formula is C14H13N3O5S. The summed E-state index contributed by atoms with van der Waals surface area (Å²) in [4.78, 5) is 37.5. The van der Waals surface area contributed by atoms with E-state index in [1.807, 2.05) is 0 Å². The number of rotatable bonds is 5. The number of aromatic nitrogens is 1. The summed E-state index contributed by atoms with van der Waals surface area (Å²) < 4.78 is 5.09. The number of aryl methyl sites for hydroxylation is 1. The van der Waals surface area contributed by atoms with Crippen molar-refractivity contribution in [3.8, 4) is 0 Å². The van der Waals surface area contributed by atoms with E-state index in [1.54, 1.807) is 18.4 Å². The summed E-state index contributed by atoms with van der Waals surface area (Å²) in [6.45, 7) is 2.82. The molecule has 120 valence electrons. The Morgan fingerprint density at radius 2 is 2.17 bits per heavy atom. The highest BCUT2D eigenvalue weighted by Gasteiger charge is 2.23. The molecule has 23 heavy (non-hydrogen) atoms. The zero-order valence-corrected chi connectivity index (χ0v) is 13.2. The van der Waals surface area contributed by atoms with Gasteiger partial charge in [-0.25, -0.2) is 9.78 Å². The van der Waals surface area contributed by atoms with Crippen molar-refractivity contribution in [1.29, 1.82) is 0 Å². The first-order valence-corrected chi connectivity index (χ1v) is 7.39. The lowest BCUT2D eigenvalue weighted by atomic mass is 10.1. The molecule has 0 aliphatic carbocycles. The summed E-state index contributed by atoms with van der Waals surface area (Å²) in [5.41, 5.74) is 0.534. The Bertz CT molecular complexity index is 772. The number of hydrogen-bond donors (Lipinski definition) is 1. The van der Waals surface area contributed by atoms with Crippen LogP contribution in [0.3, 0.4) is 0 Å². The average Bonchev–Trinajstić information content (AvgIpc) is 2.91. The lowest BCUT2D eigenvalue weighted by Gasteiger charge is -2.06. The zero-order chi connectivity index (χ0) is 17.0. The minimum atomic E-state index is -0.788. The van der Waals surface area contributed by atoms with Gasteiger partial charge in [-0.3, -0.25) is 14.9 Å². The molecule has 0 aliphatic heterocycles. The van der Waals surface area contributed by atoms with Gasteiger partial charge in [-0.05, 0) is 12.5 Å². The summed E-state index contributed by atoms with van der Waals surface area (Å²) in [5.74, 6) is -1.04. The summed E-state index contributed by atoms with van der Waals surface area (Å²) in [5, 5.41) is 15.5. The van der Waals surface area contributed by atoms with Gasteiger partial charge in [0.25, 0.3) is 5.69 Å². The summed E-state index contributed by atoms with van der Waals surface area (Å²) >= 11 is 1.19. The molecule has 0 fully saturated rings. The molecule has 1 aromatic heterocycles. The molecule has 2 rings (SSSR count). The molecule has 9 heteroatoms. The third kappa shape index (κ3) is 4.10. The predicted octanol–water partition coefficient (Wildman–Crippen LogP) is 2.68. The first kappa shape index (κ1) is 16.6. The van der Waals surface area contributed by atoms with E-state index in [0.717, 1.165) is 0 Å². The van der Waals surface area contributed by atoms with E-state index in [0.29, 0.717) is 16.4 Å². The van der Waals surface area contributed by atoms with Crippen LogP contribution in [0, 0.1) is 17.0 Å². The quantitative estimate of drug-likeness (QED) is 0.511. The van der Waals surface area contributed by atoms with Crippen LogP contribution < -0.4 is 5.32 Å². The van der Waals surface area contributed by atoms with Gasteiger partial charge in [-0.15, -0.1) is 11.3 Å². The fourth-order valence-corrected chi connectivity index (χ4v) is 2.60. The van der Waals surface area contributed by atoms with Gasteiger partial charge in [0.05, 0.1) is 10.6 Å². The number of nitrogens with one attached hydrogen (secondary N) is 1. The standard InChI is InChI=1S/C14H13N3O5S/c1-8-4-3-5-11(17(20)21)12(8)13(19)22-6-10-7-23-14(16-10)15-9(2)18/h3-5,7H,6H2,1-2H3,(H,15,16,18). The highest BCUT2D eigenvalue weighted by Crippen LogP contribution is 2.23. The van der Waals surface area contributed by atoms with Crippen molar-refractivity contribution in [2.24, 2.45) is 0 Å². The van der Waals surface area contributed by atoms with Crippen molar-refractivity contribution in [1.82, 2.24) is 4.98 Å². The molecule has 0 aliphatic rings. The second kappa shape index (κ2) is 6.97. The van der Waals surface area contributed by atoms with Crippen LogP contribution in [0.2, 0.25) is 0 Å². The van der Waals surface area contributed by atoms with E-state index in [4.69, 9.17) is 4.74 Å². The van der Waals surface area contributed by atoms with Crippen molar-refractivity contribution in [3.63, 3.8) is 0 Å². The Labute approximate surface area is 135 Å². The highest BCUT2D eigenvalue weighted by molar-refractivity contribution is 7.13. The summed E-state index contributed by atoms with van der Waals surface area (Å²) in [6.07, 6.45) is 0. The Morgan fingerprint density at radius 3 is 2.83 bits per heavy atom. The second-order valence-corrected chi connectivity index (χ2v) is 5.49. The molecule has 2 aromatic rings. The number of nitro benzene ring substituents is 1. The van der Waals surface area contributed by atoms with Crippen LogP contribution in [0.25, 0.3) is 0 Å². The first-order valence-electron chi connectivity index (χ1n) is 6.51. The molecule has 0 spiro atoms. The maximum atomic E-state index is 12.1.